The molecule has 0 saturated carbocycles. The molecule has 3 N–H and O–H groups in total. The second-order valence-corrected chi connectivity index (χ2v) is 8.36. The molecule has 0 aliphatic heterocycles. The van der Waals surface area contributed by atoms with Gasteiger partial charge in [-0.25, -0.2) is 9.97 Å². The zero-order valence-corrected chi connectivity index (χ0v) is 21.0. The van der Waals surface area contributed by atoms with Crippen LogP contribution < -0.4 is 25.7 Å². The molecule has 1 amide bonds. The summed E-state index contributed by atoms with van der Waals surface area (Å²) >= 11 is 13.0. The molecular weight excluding hydrogens is 505 g/mol. The number of nitrogens with zero attached hydrogens (tertiary/aromatic N) is 2. The van der Waals surface area contributed by atoms with Crippen molar-refractivity contribution in [1.82, 2.24) is 15.0 Å². The van der Waals surface area contributed by atoms with E-state index < -0.39 is 5.56 Å². The Bertz CT molecular complexity index is 1540. The second-order valence-electron chi connectivity index (χ2n) is 7.60. The van der Waals surface area contributed by atoms with Gasteiger partial charge in [0.2, 0.25) is 5.91 Å². The summed E-state index contributed by atoms with van der Waals surface area (Å²) in [5, 5.41) is 6.55. The van der Waals surface area contributed by atoms with Crippen LogP contribution in [0.4, 0.5) is 17.2 Å². The highest BCUT2D eigenvalue weighted by Crippen LogP contribution is 2.44. The number of methoxy groups -OCH3 is 2. The zero-order chi connectivity index (χ0) is 26.0. The van der Waals surface area contributed by atoms with E-state index in [4.69, 9.17) is 32.7 Å². The van der Waals surface area contributed by atoms with Crippen molar-refractivity contribution in [2.24, 2.45) is 0 Å². The van der Waals surface area contributed by atoms with Crippen molar-refractivity contribution in [2.45, 2.75) is 6.92 Å². The summed E-state index contributed by atoms with van der Waals surface area (Å²) in [6.45, 7) is 5.35. The van der Waals surface area contributed by atoms with E-state index in [0.29, 0.717) is 34.2 Å². The molecule has 0 bridgehead atoms. The number of pyridine rings is 1. The maximum absolute atomic E-state index is 13.1. The van der Waals surface area contributed by atoms with Gasteiger partial charge in [-0.15, -0.1) is 0 Å². The van der Waals surface area contributed by atoms with Crippen molar-refractivity contribution >= 4 is 57.2 Å². The Morgan fingerprint density at radius 3 is 2.47 bits per heavy atom. The normalized spacial score (nSPS) is 10.7. The number of amides is 1. The van der Waals surface area contributed by atoms with Crippen LogP contribution in [-0.2, 0) is 4.79 Å². The summed E-state index contributed by atoms with van der Waals surface area (Å²) in [6, 6.07) is 8.54. The SMILES string of the molecule is C=CC(=O)Nc1cccc(C)c1Nc1cc2c(=O)[nH]c(-c3c(Cl)c(OC)cc(OC)c3Cl)nc2cn1. The molecule has 184 valence electrons. The number of H-pyrrole nitrogens is 1. The first-order valence-electron chi connectivity index (χ1n) is 10.6. The van der Waals surface area contributed by atoms with E-state index in [2.05, 4.69) is 32.2 Å². The first kappa shape index (κ1) is 25.0. The smallest absolute Gasteiger partial charge is 0.259 e. The molecule has 0 aliphatic rings. The average Bonchev–Trinajstić information content (AvgIpc) is 2.86. The van der Waals surface area contributed by atoms with E-state index >= 15 is 0 Å². The highest BCUT2D eigenvalue weighted by atomic mass is 35.5. The molecular formula is C25H21Cl2N5O4. The van der Waals surface area contributed by atoms with Crippen LogP contribution in [0.25, 0.3) is 22.3 Å². The molecule has 0 spiro atoms. The average molecular weight is 526 g/mol. The molecule has 2 heterocycles. The van der Waals surface area contributed by atoms with Crippen LogP contribution >= 0.6 is 23.2 Å². The molecule has 0 saturated heterocycles. The van der Waals surface area contributed by atoms with Crippen molar-refractivity contribution in [3.63, 3.8) is 0 Å². The van der Waals surface area contributed by atoms with Gasteiger partial charge in [-0.05, 0) is 30.7 Å². The van der Waals surface area contributed by atoms with E-state index in [-0.39, 0.29) is 32.7 Å². The van der Waals surface area contributed by atoms with Crippen LogP contribution in [0, 0.1) is 6.92 Å². The van der Waals surface area contributed by atoms with Crippen LogP contribution in [0.15, 0.2) is 54.0 Å². The summed E-state index contributed by atoms with van der Waals surface area (Å²) in [5.41, 5.74) is 2.18. The van der Waals surface area contributed by atoms with Crippen LogP contribution in [0.1, 0.15) is 5.56 Å². The summed E-state index contributed by atoms with van der Waals surface area (Å²) in [7, 11) is 2.91. The lowest BCUT2D eigenvalue weighted by atomic mass is 10.1. The first-order valence-corrected chi connectivity index (χ1v) is 11.3. The molecule has 0 radical (unpaired) electrons. The third kappa shape index (κ3) is 4.71. The fourth-order valence-corrected chi connectivity index (χ4v) is 4.25. The topological polar surface area (TPSA) is 118 Å². The number of hydrogen-bond donors (Lipinski definition) is 3. The Balaban J connectivity index is 1.79. The number of carbonyl (C=O) groups is 1. The van der Waals surface area contributed by atoms with Crippen LogP contribution in [0.5, 0.6) is 11.5 Å². The number of benzene rings is 2. The molecule has 0 fully saturated rings. The van der Waals surface area contributed by atoms with Crippen LogP contribution in [0.2, 0.25) is 10.0 Å². The van der Waals surface area contributed by atoms with Crippen molar-refractivity contribution in [2.75, 3.05) is 24.9 Å². The van der Waals surface area contributed by atoms with Crippen molar-refractivity contribution in [3.05, 3.63) is 75.1 Å². The third-order valence-electron chi connectivity index (χ3n) is 5.37. The fourth-order valence-electron chi connectivity index (χ4n) is 3.57. The number of hydrogen-bond acceptors (Lipinski definition) is 7. The number of aryl methyl sites for hydroxylation is 1. The Kier molecular flexibility index (Phi) is 7.14. The molecule has 4 aromatic rings. The van der Waals surface area contributed by atoms with Gasteiger partial charge in [-0.3, -0.25) is 9.59 Å². The lowest BCUT2D eigenvalue weighted by Gasteiger charge is -2.15. The van der Waals surface area contributed by atoms with Crippen molar-refractivity contribution < 1.29 is 14.3 Å². The Morgan fingerprint density at radius 2 is 1.83 bits per heavy atom. The van der Waals surface area contributed by atoms with Gasteiger partial charge in [0, 0.05) is 6.07 Å². The van der Waals surface area contributed by atoms with Crippen molar-refractivity contribution in [1.29, 1.82) is 0 Å². The number of aromatic amines is 1. The lowest BCUT2D eigenvalue weighted by molar-refractivity contribution is -0.111. The molecule has 9 nitrogen and oxygen atoms in total. The number of fused-ring (bicyclic) bond motifs is 1. The van der Waals surface area contributed by atoms with E-state index in [0.717, 1.165) is 5.56 Å². The third-order valence-corrected chi connectivity index (χ3v) is 6.12. The van der Waals surface area contributed by atoms with E-state index in [9.17, 15) is 9.59 Å². The molecule has 4 rings (SSSR count). The Labute approximate surface area is 216 Å². The quantitative estimate of drug-likeness (QED) is 0.273. The second kappa shape index (κ2) is 10.3. The number of anilines is 3. The minimum Gasteiger partial charge on any atom is -0.495 e. The molecule has 0 unspecified atom stereocenters. The Hall–Kier alpha value is -4.08. The first-order chi connectivity index (χ1) is 17.3. The summed E-state index contributed by atoms with van der Waals surface area (Å²) in [4.78, 5) is 36.5. The molecule has 36 heavy (non-hydrogen) atoms. The summed E-state index contributed by atoms with van der Waals surface area (Å²) < 4.78 is 10.6. The van der Waals surface area contributed by atoms with E-state index in [1.165, 1.54) is 26.5 Å². The van der Waals surface area contributed by atoms with E-state index in [1.807, 2.05) is 19.1 Å². The van der Waals surface area contributed by atoms with Crippen LogP contribution in [0.3, 0.4) is 0 Å². The number of para-hydroxylation sites is 1. The van der Waals surface area contributed by atoms with Gasteiger partial charge in [0.15, 0.2) is 0 Å². The standard InChI is InChI=1S/C25H21Cl2N5O4/c1-5-19(33)29-14-8-6-7-12(2)23(14)31-18-9-13-15(11-28-18)30-24(32-25(13)34)20-21(26)16(35-3)10-17(36-4)22(20)27/h5-11H,1H2,2-4H3,(H,28,31)(H,29,33)(H,30,32,34). The predicted molar refractivity (Wildman–Crippen MR) is 142 cm³/mol. The molecule has 0 aliphatic carbocycles. The maximum Gasteiger partial charge on any atom is 0.259 e. The molecule has 2 aromatic heterocycles. The highest BCUT2D eigenvalue weighted by molar-refractivity contribution is 6.40. The lowest BCUT2D eigenvalue weighted by Crippen LogP contribution is -2.12. The van der Waals surface area contributed by atoms with Gasteiger partial charge >= 0.3 is 0 Å². The highest BCUT2D eigenvalue weighted by Gasteiger charge is 2.21. The molecule has 0 atom stereocenters. The predicted octanol–water partition coefficient (Wildman–Crippen LogP) is 5.49. The minimum absolute atomic E-state index is 0.135. The summed E-state index contributed by atoms with van der Waals surface area (Å²) in [5.74, 6) is 0.784. The maximum atomic E-state index is 13.1. The zero-order valence-electron chi connectivity index (χ0n) is 19.5. The molecule has 11 heteroatoms. The van der Waals surface area contributed by atoms with Gasteiger partial charge in [0.1, 0.15) is 23.1 Å². The minimum atomic E-state index is -0.431. The van der Waals surface area contributed by atoms with Gasteiger partial charge in [-0.1, -0.05) is 41.9 Å². The van der Waals surface area contributed by atoms with Gasteiger partial charge in [0.25, 0.3) is 5.56 Å². The Morgan fingerprint density at radius 1 is 1.14 bits per heavy atom. The summed E-state index contributed by atoms with van der Waals surface area (Å²) in [6.07, 6.45) is 2.63. The van der Waals surface area contributed by atoms with Gasteiger partial charge in [-0.2, -0.15) is 0 Å². The number of halogens is 2. The van der Waals surface area contributed by atoms with Crippen molar-refractivity contribution in [3.8, 4) is 22.9 Å². The van der Waals surface area contributed by atoms with Gasteiger partial charge < -0.3 is 25.1 Å². The fraction of sp³-hybridized carbons (Fsp3) is 0.120. The van der Waals surface area contributed by atoms with E-state index in [1.54, 1.807) is 18.2 Å². The number of rotatable bonds is 7. The molecule has 2 aromatic carbocycles. The number of aromatic nitrogens is 3. The monoisotopic (exact) mass is 525 g/mol. The number of ether oxygens (including phenoxy) is 2. The van der Waals surface area contributed by atoms with Crippen LogP contribution in [-0.4, -0.2) is 35.1 Å². The van der Waals surface area contributed by atoms with Gasteiger partial charge in [0.05, 0.1) is 58.3 Å². The number of nitrogens with one attached hydrogen (secondary N) is 3. The largest absolute Gasteiger partial charge is 0.495 e. The number of carbonyl (C=O) groups excluding carboxylic acids is 1.